The van der Waals surface area contributed by atoms with Gasteiger partial charge in [-0.3, -0.25) is 0 Å². The van der Waals surface area contributed by atoms with E-state index in [9.17, 15) is 0 Å². The third-order valence-electron chi connectivity index (χ3n) is 4.32. The van der Waals surface area contributed by atoms with Crippen molar-refractivity contribution in [2.75, 3.05) is 0 Å². The van der Waals surface area contributed by atoms with Crippen LogP contribution in [0.15, 0.2) is 66.7 Å². The molecular weight excluding hydrogens is 290 g/mol. The van der Waals surface area contributed by atoms with E-state index in [2.05, 4.69) is 80.6 Å². The van der Waals surface area contributed by atoms with Gasteiger partial charge in [0.15, 0.2) is 0 Å². The molecule has 0 unspecified atom stereocenters. The number of aryl methyl sites for hydroxylation is 2. The predicted molar refractivity (Wildman–Crippen MR) is 104 cm³/mol. The van der Waals surface area contributed by atoms with Gasteiger partial charge in [0, 0.05) is 10.8 Å². The zero-order valence-corrected chi connectivity index (χ0v) is 14.0. The van der Waals surface area contributed by atoms with E-state index < -0.39 is 0 Å². The second-order valence-electron chi connectivity index (χ2n) is 6.31. The predicted octanol–water partition coefficient (Wildman–Crippen LogP) is 6.18. The van der Waals surface area contributed by atoms with Gasteiger partial charge in [-0.1, -0.05) is 77.9 Å². The van der Waals surface area contributed by atoms with E-state index in [1.54, 1.807) is 0 Å². The van der Waals surface area contributed by atoms with Crippen molar-refractivity contribution in [3.8, 4) is 0 Å². The number of aromatic nitrogens is 1. The van der Waals surface area contributed by atoms with Gasteiger partial charge in [0.05, 0.1) is 11.0 Å². The van der Waals surface area contributed by atoms with Crippen LogP contribution in [0.5, 0.6) is 0 Å². The van der Waals surface area contributed by atoms with E-state index >= 15 is 0 Å². The molecule has 0 aliphatic rings. The van der Waals surface area contributed by atoms with Gasteiger partial charge < -0.3 is 0 Å². The molecule has 4 aromatic rings. The molecule has 0 amide bonds. The highest BCUT2D eigenvalue weighted by Gasteiger charge is 2.06. The standard InChI is InChI=1S/C23H19N/c1-16-13-17(2)15-18(14-16)11-12-19-20-7-3-5-9-22(20)24-23-10-6-4-8-21(19)23/h3-15H,1-2H3/b12-11-. The summed E-state index contributed by atoms with van der Waals surface area (Å²) in [6.45, 7) is 4.28. The molecule has 0 radical (unpaired) electrons. The molecule has 0 N–H and O–H groups in total. The molecule has 0 saturated carbocycles. The lowest BCUT2D eigenvalue weighted by molar-refractivity contribution is 1.37. The first-order valence-corrected chi connectivity index (χ1v) is 8.24. The average molecular weight is 309 g/mol. The Balaban J connectivity index is 1.94. The average Bonchev–Trinajstić information content (AvgIpc) is 2.58. The zero-order chi connectivity index (χ0) is 16.5. The minimum Gasteiger partial charge on any atom is -0.248 e. The Hall–Kier alpha value is -2.93. The van der Waals surface area contributed by atoms with Crippen LogP contribution in [0, 0.1) is 13.8 Å². The lowest BCUT2D eigenvalue weighted by Gasteiger charge is -2.07. The fourth-order valence-corrected chi connectivity index (χ4v) is 3.34. The smallest absolute Gasteiger partial charge is 0.0715 e. The van der Waals surface area contributed by atoms with Gasteiger partial charge in [-0.25, -0.2) is 4.98 Å². The van der Waals surface area contributed by atoms with E-state index in [1.807, 2.05) is 12.1 Å². The van der Waals surface area contributed by atoms with Crippen LogP contribution in [0.25, 0.3) is 34.0 Å². The van der Waals surface area contributed by atoms with Crippen LogP contribution in [0.3, 0.4) is 0 Å². The maximum atomic E-state index is 4.79. The number of hydrogen-bond acceptors (Lipinski definition) is 1. The Kier molecular flexibility index (Phi) is 3.62. The molecule has 1 heteroatoms. The van der Waals surface area contributed by atoms with Crippen molar-refractivity contribution in [1.29, 1.82) is 0 Å². The molecule has 0 aliphatic heterocycles. The number of rotatable bonds is 2. The Morgan fingerprint density at radius 3 is 1.79 bits per heavy atom. The molecule has 3 aromatic carbocycles. The minimum absolute atomic E-state index is 1.04. The van der Waals surface area contributed by atoms with Crippen molar-refractivity contribution in [1.82, 2.24) is 4.98 Å². The van der Waals surface area contributed by atoms with Crippen LogP contribution in [0.1, 0.15) is 22.3 Å². The Bertz CT molecular complexity index is 1000. The Labute approximate surface area is 142 Å². The summed E-state index contributed by atoms with van der Waals surface area (Å²) in [7, 11) is 0. The molecule has 0 aliphatic carbocycles. The van der Waals surface area contributed by atoms with Crippen LogP contribution in [0.2, 0.25) is 0 Å². The SMILES string of the molecule is Cc1cc(C)cc(/C=C\c2c3ccccc3nc3ccccc23)c1. The molecule has 4 rings (SSSR count). The summed E-state index contributed by atoms with van der Waals surface area (Å²) >= 11 is 0. The van der Waals surface area contributed by atoms with Crippen molar-refractivity contribution in [2.45, 2.75) is 13.8 Å². The van der Waals surface area contributed by atoms with Crippen LogP contribution in [-0.2, 0) is 0 Å². The molecule has 0 saturated heterocycles. The number of hydrogen-bond donors (Lipinski definition) is 0. The third kappa shape index (κ3) is 2.69. The van der Waals surface area contributed by atoms with Crippen LogP contribution in [0.4, 0.5) is 0 Å². The monoisotopic (exact) mass is 309 g/mol. The quantitative estimate of drug-likeness (QED) is 0.403. The largest absolute Gasteiger partial charge is 0.248 e. The van der Waals surface area contributed by atoms with Crippen LogP contribution < -0.4 is 0 Å². The second-order valence-corrected chi connectivity index (χ2v) is 6.31. The molecule has 1 nitrogen and oxygen atoms in total. The van der Waals surface area contributed by atoms with E-state index in [0.717, 1.165) is 11.0 Å². The van der Waals surface area contributed by atoms with Gasteiger partial charge in [-0.2, -0.15) is 0 Å². The van der Waals surface area contributed by atoms with E-state index in [0.29, 0.717) is 0 Å². The fourth-order valence-electron chi connectivity index (χ4n) is 3.34. The maximum Gasteiger partial charge on any atom is 0.0715 e. The van der Waals surface area contributed by atoms with Gasteiger partial charge in [-0.05, 0) is 37.1 Å². The molecule has 0 atom stereocenters. The van der Waals surface area contributed by atoms with Gasteiger partial charge >= 0.3 is 0 Å². The minimum atomic E-state index is 1.04. The summed E-state index contributed by atoms with van der Waals surface area (Å²) < 4.78 is 0. The molecule has 1 heterocycles. The van der Waals surface area contributed by atoms with Crippen molar-refractivity contribution in [3.63, 3.8) is 0 Å². The van der Waals surface area contributed by atoms with E-state index in [-0.39, 0.29) is 0 Å². The van der Waals surface area contributed by atoms with Crippen molar-refractivity contribution >= 4 is 34.0 Å². The van der Waals surface area contributed by atoms with Crippen molar-refractivity contribution in [3.05, 3.63) is 89.0 Å². The molecule has 1 aromatic heterocycles. The summed E-state index contributed by atoms with van der Waals surface area (Å²) in [6, 6.07) is 23.3. The summed E-state index contributed by atoms with van der Waals surface area (Å²) in [5.74, 6) is 0. The molecule has 116 valence electrons. The van der Waals surface area contributed by atoms with Gasteiger partial charge in [0.2, 0.25) is 0 Å². The second kappa shape index (κ2) is 5.93. The summed E-state index contributed by atoms with van der Waals surface area (Å²) in [5, 5.41) is 2.38. The summed E-state index contributed by atoms with van der Waals surface area (Å²) in [4.78, 5) is 4.79. The molecular formula is C23H19N. The first kappa shape index (κ1) is 14.6. The zero-order valence-electron chi connectivity index (χ0n) is 14.0. The fraction of sp³-hybridized carbons (Fsp3) is 0.0870. The van der Waals surface area contributed by atoms with Crippen LogP contribution >= 0.6 is 0 Å². The third-order valence-corrected chi connectivity index (χ3v) is 4.32. The number of pyridine rings is 1. The highest BCUT2D eigenvalue weighted by Crippen LogP contribution is 2.27. The molecule has 0 fully saturated rings. The summed E-state index contributed by atoms with van der Waals surface area (Å²) in [5.41, 5.74) is 7.12. The molecule has 24 heavy (non-hydrogen) atoms. The normalized spacial score (nSPS) is 11.6. The van der Waals surface area contributed by atoms with E-state index in [4.69, 9.17) is 4.98 Å². The van der Waals surface area contributed by atoms with Crippen LogP contribution in [-0.4, -0.2) is 4.98 Å². The van der Waals surface area contributed by atoms with Gasteiger partial charge in [0.25, 0.3) is 0 Å². The number of nitrogens with zero attached hydrogens (tertiary/aromatic N) is 1. The number of fused-ring (bicyclic) bond motifs is 2. The number of para-hydroxylation sites is 2. The Morgan fingerprint density at radius 2 is 1.21 bits per heavy atom. The molecule has 0 bridgehead atoms. The van der Waals surface area contributed by atoms with Crippen molar-refractivity contribution in [2.24, 2.45) is 0 Å². The topological polar surface area (TPSA) is 12.9 Å². The first-order chi connectivity index (χ1) is 11.7. The lowest BCUT2D eigenvalue weighted by atomic mass is 10.0. The highest BCUT2D eigenvalue weighted by molar-refractivity contribution is 6.04. The Morgan fingerprint density at radius 1 is 0.667 bits per heavy atom. The van der Waals surface area contributed by atoms with Gasteiger partial charge in [-0.15, -0.1) is 0 Å². The summed E-state index contributed by atoms with van der Waals surface area (Å²) in [6.07, 6.45) is 4.43. The van der Waals surface area contributed by atoms with E-state index in [1.165, 1.54) is 33.0 Å². The number of benzene rings is 3. The highest BCUT2D eigenvalue weighted by atomic mass is 14.7. The van der Waals surface area contributed by atoms with Crippen molar-refractivity contribution < 1.29 is 0 Å². The van der Waals surface area contributed by atoms with Gasteiger partial charge in [0.1, 0.15) is 0 Å². The first-order valence-electron chi connectivity index (χ1n) is 8.24. The lowest BCUT2D eigenvalue weighted by Crippen LogP contribution is -1.87. The maximum absolute atomic E-state index is 4.79. The molecule has 0 spiro atoms.